The van der Waals surface area contributed by atoms with Gasteiger partial charge in [0.2, 0.25) is 5.91 Å². The molecular formula is C18H18ClNO4S. The van der Waals surface area contributed by atoms with E-state index in [9.17, 15) is 9.59 Å². The number of amides is 1. The van der Waals surface area contributed by atoms with Crippen molar-refractivity contribution in [2.45, 2.75) is 6.92 Å². The Morgan fingerprint density at radius 1 is 1.08 bits per heavy atom. The molecule has 0 aliphatic rings. The molecule has 0 saturated carbocycles. The highest BCUT2D eigenvalue weighted by atomic mass is 35.5. The number of anilines is 1. The third-order valence-corrected chi connectivity index (χ3v) is 4.18. The van der Waals surface area contributed by atoms with Crippen LogP contribution in [0.2, 0.25) is 5.02 Å². The Kier molecular flexibility index (Phi) is 7.63. The number of para-hydroxylation sites is 1. The van der Waals surface area contributed by atoms with E-state index in [1.54, 1.807) is 43.3 Å². The lowest BCUT2D eigenvalue weighted by Gasteiger charge is -2.09. The maximum absolute atomic E-state index is 11.8. The maximum Gasteiger partial charge on any atom is 0.315 e. The number of hydrogen-bond donors (Lipinski definition) is 1. The van der Waals surface area contributed by atoms with Crippen molar-refractivity contribution in [3.05, 3.63) is 53.6 Å². The normalized spacial score (nSPS) is 10.2. The summed E-state index contributed by atoms with van der Waals surface area (Å²) in [6.07, 6.45) is 0. The lowest BCUT2D eigenvalue weighted by molar-refractivity contribution is -0.139. The van der Waals surface area contributed by atoms with E-state index in [1.165, 1.54) is 11.8 Å². The molecule has 2 rings (SSSR count). The highest BCUT2D eigenvalue weighted by Crippen LogP contribution is 2.29. The lowest BCUT2D eigenvalue weighted by Crippen LogP contribution is -2.16. The van der Waals surface area contributed by atoms with Gasteiger partial charge in [-0.05, 0) is 43.3 Å². The number of benzene rings is 2. The van der Waals surface area contributed by atoms with Gasteiger partial charge >= 0.3 is 5.97 Å². The van der Waals surface area contributed by atoms with Crippen LogP contribution < -0.4 is 10.1 Å². The molecule has 0 atom stereocenters. The number of esters is 1. The van der Waals surface area contributed by atoms with Crippen molar-refractivity contribution in [1.29, 1.82) is 0 Å². The largest absolute Gasteiger partial charge is 0.465 e. The fourth-order valence-electron chi connectivity index (χ4n) is 1.89. The van der Waals surface area contributed by atoms with Gasteiger partial charge in [0.15, 0.2) is 0 Å². The van der Waals surface area contributed by atoms with Gasteiger partial charge < -0.3 is 14.8 Å². The van der Waals surface area contributed by atoms with Crippen molar-refractivity contribution >= 4 is 40.9 Å². The number of carbonyl (C=O) groups excluding carboxylic acids is 2. The van der Waals surface area contributed by atoms with Crippen LogP contribution in [0.15, 0.2) is 48.5 Å². The van der Waals surface area contributed by atoms with E-state index >= 15 is 0 Å². The van der Waals surface area contributed by atoms with Crippen LogP contribution in [0.4, 0.5) is 5.69 Å². The van der Waals surface area contributed by atoms with Gasteiger partial charge in [-0.15, -0.1) is 11.8 Å². The van der Waals surface area contributed by atoms with Crippen LogP contribution in [-0.2, 0) is 14.3 Å². The molecule has 0 radical (unpaired) electrons. The molecule has 132 valence electrons. The van der Waals surface area contributed by atoms with Crippen molar-refractivity contribution in [2.24, 2.45) is 0 Å². The Balaban J connectivity index is 1.81. The van der Waals surface area contributed by atoms with Gasteiger partial charge in [0.05, 0.1) is 23.1 Å². The number of carbonyl (C=O) groups is 2. The van der Waals surface area contributed by atoms with E-state index in [0.29, 0.717) is 28.8 Å². The fourth-order valence-corrected chi connectivity index (χ4v) is 2.67. The molecule has 0 aliphatic heterocycles. The van der Waals surface area contributed by atoms with Crippen LogP contribution in [0.3, 0.4) is 0 Å². The Bertz CT molecular complexity index is 721. The summed E-state index contributed by atoms with van der Waals surface area (Å²) in [5, 5.41) is 3.28. The minimum absolute atomic E-state index is 0.159. The van der Waals surface area contributed by atoms with E-state index in [-0.39, 0.29) is 23.4 Å². The monoisotopic (exact) mass is 379 g/mol. The first-order chi connectivity index (χ1) is 12.1. The molecule has 1 amide bonds. The average Bonchev–Trinajstić information content (AvgIpc) is 2.59. The van der Waals surface area contributed by atoms with Crippen LogP contribution >= 0.6 is 23.4 Å². The smallest absolute Gasteiger partial charge is 0.315 e. The van der Waals surface area contributed by atoms with Crippen molar-refractivity contribution in [3.8, 4) is 11.5 Å². The Morgan fingerprint density at radius 3 is 2.48 bits per heavy atom. The quantitative estimate of drug-likeness (QED) is 0.690. The molecule has 0 spiro atoms. The molecular weight excluding hydrogens is 362 g/mol. The summed E-state index contributed by atoms with van der Waals surface area (Å²) >= 11 is 7.26. The third kappa shape index (κ3) is 6.68. The fraction of sp³-hybridized carbons (Fsp3) is 0.222. The maximum atomic E-state index is 11.8. The second-order valence-electron chi connectivity index (χ2n) is 4.90. The van der Waals surface area contributed by atoms with E-state index < -0.39 is 0 Å². The summed E-state index contributed by atoms with van der Waals surface area (Å²) in [4.78, 5) is 23.0. The van der Waals surface area contributed by atoms with Crippen molar-refractivity contribution in [2.75, 3.05) is 23.4 Å². The lowest BCUT2D eigenvalue weighted by atomic mass is 10.3. The second kappa shape index (κ2) is 9.96. The van der Waals surface area contributed by atoms with Gasteiger partial charge in [-0.1, -0.05) is 23.7 Å². The average molecular weight is 380 g/mol. The molecule has 0 fully saturated rings. The van der Waals surface area contributed by atoms with Crippen LogP contribution in [0.25, 0.3) is 0 Å². The standard InChI is InChI=1S/C18H18ClNO4S/c1-2-23-18(22)12-25-11-17(21)20-13-7-9-14(10-8-13)24-16-6-4-3-5-15(16)19/h3-10H,2,11-12H2,1H3,(H,20,21). The number of halogens is 1. The van der Waals surface area contributed by atoms with Crippen molar-refractivity contribution in [3.63, 3.8) is 0 Å². The van der Waals surface area contributed by atoms with Gasteiger partial charge in [0.25, 0.3) is 0 Å². The molecule has 0 saturated heterocycles. The molecule has 25 heavy (non-hydrogen) atoms. The highest BCUT2D eigenvalue weighted by Gasteiger charge is 2.07. The minimum atomic E-state index is -0.318. The number of hydrogen-bond acceptors (Lipinski definition) is 5. The van der Waals surface area contributed by atoms with E-state index in [1.807, 2.05) is 12.1 Å². The van der Waals surface area contributed by atoms with Crippen LogP contribution in [0.5, 0.6) is 11.5 Å². The number of nitrogens with one attached hydrogen (secondary N) is 1. The van der Waals surface area contributed by atoms with Gasteiger partial charge in [-0.25, -0.2) is 0 Å². The first kappa shape index (κ1) is 19.1. The molecule has 2 aromatic rings. The first-order valence-corrected chi connectivity index (χ1v) is 9.17. The molecule has 1 N–H and O–H groups in total. The van der Waals surface area contributed by atoms with Crippen molar-refractivity contribution in [1.82, 2.24) is 0 Å². The number of ether oxygens (including phenoxy) is 2. The summed E-state index contributed by atoms with van der Waals surface area (Å²) in [7, 11) is 0. The zero-order chi connectivity index (χ0) is 18.1. The highest BCUT2D eigenvalue weighted by molar-refractivity contribution is 8.00. The second-order valence-corrected chi connectivity index (χ2v) is 6.30. The van der Waals surface area contributed by atoms with E-state index in [2.05, 4.69) is 5.32 Å². The molecule has 0 bridgehead atoms. The van der Waals surface area contributed by atoms with Gasteiger partial charge in [0, 0.05) is 5.69 Å². The first-order valence-electron chi connectivity index (χ1n) is 7.64. The molecule has 2 aromatic carbocycles. The third-order valence-electron chi connectivity index (χ3n) is 2.96. The topological polar surface area (TPSA) is 64.6 Å². The molecule has 0 heterocycles. The Labute approximate surface area is 155 Å². The Hall–Kier alpha value is -2.18. The molecule has 0 aliphatic carbocycles. The van der Waals surface area contributed by atoms with Crippen LogP contribution in [0, 0.1) is 0 Å². The number of thioether (sulfide) groups is 1. The zero-order valence-electron chi connectivity index (χ0n) is 13.7. The van der Waals surface area contributed by atoms with Gasteiger partial charge in [0.1, 0.15) is 11.5 Å². The van der Waals surface area contributed by atoms with E-state index in [0.717, 1.165) is 0 Å². The summed E-state index contributed by atoms with van der Waals surface area (Å²) in [6.45, 7) is 2.09. The predicted octanol–water partition coefficient (Wildman–Crippen LogP) is 4.37. The SMILES string of the molecule is CCOC(=O)CSCC(=O)Nc1ccc(Oc2ccccc2Cl)cc1. The molecule has 0 unspecified atom stereocenters. The van der Waals surface area contributed by atoms with E-state index in [4.69, 9.17) is 21.1 Å². The van der Waals surface area contributed by atoms with Crippen molar-refractivity contribution < 1.29 is 19.1 Å². The van der Waals surface area contributed by atoms with Gasteiger partial charge in [-0.3, -0.25) is 9.59 Å². The number of rotatable bonds is 8. The molecule has 7 heteroatoms. The summed E-state index contributed by atoms with van der Waals surface area (Å²) in [6, 6.07) is 14.1. The zero-order valence-corrected chi connectivity index (χ0v) is 15.2. The molecule has 0 aromatic heterocycles. The predicted molar refractivity (Wildman–Crippen MR) is 101 cm³/mol. The van der Waals surface area contributed by atoms with Gasteiger partial charge in [-0.2, -0.15) is 0 Å². The summed E-state index contributed by atoms with van der Waals surface area (Å²) in [5.41, 5.74) is 0.647. The summed E-state index contributed by atoms with van der Waals surface area (Å²) in [5.74, 6) is 1.01. The summed E-state index contributed by atoms with van der Waals surface area (Å²) < 4.78 is 10.5. The molecule has 5 nitrogen and oxygen atoms in total. The Morgan fingerprint density at radius 2 is 1.80 bits per heavy atom. The minimum Gasteiger partial charge on any atom is -0.465 e. The van der Waals surface area contributed by atoms with Crippen LogP contribution in [-0.4, -0.2) is 30.0 Å². The van der Waals surface area contributed by atoms with Crippen LogP contribution in [0.1, 0.15) is 6.92 Å².